The Balaban J connectivity index is 1.92. The second-order valence-electron chi connectivity index (χ2n) is 5.67. The second-order valence-corrected chi connectivity index (χ2v) is 6.96. The third-order valence-corrected chi connectivity index (χ3v) is 4.90. The van der Waals surface area contributed by atoms with E-state index in [0.717, 1.165) is 5.92 Å². The zero-order valence-electron chi connectivity index (χ0n) is 11.5. The van der Waals surface area contributed by atoms with Crippen LogP contribution in [0.1, 0.15) is 68.9 Å². The molecule has 1 atom stereocenters. The summed E-state index contributed by atoms with van der Waals surface area (Å²) in [5, 5.41) is 0. The van der Waals surface area contributed by atoms with E-state index in [9.17, 15) is 0 Å². The Morgan fingerprint density at radius 3 is 2.39 bits per heavy atom. The summed E-state index contributed by atoms with van der Waals surface area (Å²) in [6.45, 7) is 2.25. The van der Waals surface area contributed by atoms with Gasteiger partial charge in [0.2, 0.25) is 0 Å². The quantitative estimate of drug-likeness (QED) is 0.599. The van der Waals surface area contributed by atoms with Gasteiger partial charge < -0.3 is 0 Å². The molecule has 1 aromatic rings. The fourth-order valence-corrected chi connectivity index (χ4v) is 3.86. The van der Waals surface area contributed by atoms with Gasteiger partial charge in [0, 0.05) is 4.83 Å². The molecular weight excluding hydrogens is 284 g/mol. The van der Waals surface area contributed by atoms with Gasteiger partial charge in [0.1, 0.15) is 0 Å². The van der Waals surface area contributed by atoms with Crippen molar-refractivity contribution >= 4 is 15.9 Å². The van der Waals surface area contributed by atoms with E-state index in [1.54, 1.807) is 5.56 Å². The van der Waals surface area contributed by atoms with E-state index in [0.29, 0.717) is 4.83 Å². The fourth-order valence-electron chi connectivity index (χ4n) is 3.03. The van der Waals surface area contributed by atoms with Gasteiger partial charge in [-0.3, -0.25) is 0 Å². The summed E-state index contributed by atoms with van der Waals surface area (Å²) in [6.07, 6.45) is 10.8. The molecule has 1 fully saturated rings. The normalized spacial score (nSPS) is 18.8. The maximum Gasteiger partial charge on any atom is 0.0186 e. The van der Waals surface area contributed by atoms with Crippen molar-refractivity contribution in [2.75, 3.05) is 0 Å². The van der Waals surface area contributed by atoms with Gasteiger partial charge in [-0.15, -0.1) is 0 Å². The van der Waals surface area contributed by atoms with Crippen LogP contribution in [0.3, 0.4) is 0 Å². The van der Waals surface area contributed by atoms with E-state index in [1.165, 1.54) is 56.9 Å². The van der Waals surface area contributed by atoms with Crippen LogP contribution in [0.4, 0.5) is 0 Å². The predicted octanol–water partition coefficient (Wildman–Crippen LogP) is 5.84. The van der Waals surface area contributed by atoms with E-state index < -0.39 is 0 Å². The lowest BCUT2D eigenvalue weighted by Crippen LogP contribution is -2.05. The monoisotopic (exact) mass is 308 g/mol. The van der Waals surface area contributed by atoms with Crippen LogP contribution in [0.15, 0.2) is 24.3 Å². The van der Waals surface area contributed by atoms with Crippen LogP contribution in [-0.4, -0.2) is 4.83 Å². The third-order valence-electron chi connectivity index (χ3n) is 4.12. The molecule has 1 saturated carbocycles. The lowest BCUT2D eigenvalue weighted by Gasteiger charge is -2.22. The average Bonchev–Trinajstić information content (AvgIpc) is 2.41. The van der Waals surface area contributed by atoms with Crippen LogP contribution in [0.2, 0.25) is 0 Å². The zero-order chi connectivity index (χ0) is 12.8. The molecule has 0 amide bonds. The SMILES string of the molecule is CCCC(Br)Cc1ccc(C2CCCCC2)cc1. The number of hydrogen-bond donors (Lipinski definition) is 0. The van der Waals surface area contributed by atoms with Crippen molar-refractivity contribution < 1.29 is 0 Å². The molecule has 1 aliphatic rings. The molecule has 0 saturated heterocycles. The lowest BCUT2D eigenvalue weighted by molar-refractivity contribution is 0.443. The fraction of sp³-hybridized carbons (Fsp3) is 0.647. The van der Waals surface area contributed by atoms with Crippen molar-refractivity contribution in [2.45, 2.75) is 69.0 Å². The van der Waals surface area contributed by atoms with E-state index in [1.807, 2.05) is 0 Å². The van der Waals surface area contributed by atoms with E-state index in [-0.39, 0.29) is 0 Å². The smallest absolute Gasteiger partial charge is 0.0186 e. The van der Waals surface area contributed by atoms with Crippen molar-refractivity contribution in [1.29, 1.82) is 0 Å². The van der Waals surface area contributed by atoms with E-state index in [4.69, 9.17) is 0 Å². The molecule has 1 heteroatoms. The Labute approximate surface area is 120 Å². The second kappa shape index (κ2) is 7.33. The summed E-state index contributed by atoms with van der Waals surface area (Å²) in [6, 6.07) is 9.43. The first-order valence-electron chi connectivity index (χ1n) is 7.52. The van der Waals surface area contributed by atoms with Gasteiger partial charge in [-0.05, 0) is 42.7 Å². The molecule has 18 heavy (non-hydrogen) atoms. The highest BCUT2D eigenvalue weighted by Gasteiger charge is 2.15. The number of halogens is 1. The first kappa shape index (κ1) is 14.1. The molecule has 0 N–H and O–H groups in total. The number of alkyl halides is 1. The van der Waals surface area contributed by atoms with Gasteiger partial charge >= 0.3 is 0 Å². The van der Waals surface area contributed by atoms with Crippen LogP contribution >= 0.6 is 15.9 Å². The Morgan fingerprint density at radius 2 is 1.78 bits per heavy atom. The van der Waals surface area contributed by atoms with E-state index >= 15 is 0 Å². The first-order valence-corrected chi connectivity index (χ1v) is 8.44. The van der Waals surface area contributed by atoms with Crippen molar-refractivity contribution in [3.8, 4) is 0 Å². The molecule has 0 heterocycles. The zero-order valence-corrected chi connectivity index (χ0v) is 13.1. The lowest BCUT2D eigenvalue weighted by atomic mass is 9.84. The van der Waals surface area contributed by atoms with Crippen LogP contribution in [0.5, 0.6) is 0 Å². The summed E-state index contributed by atoms with van der Waals surface area (Å²) < 4.78 is 0. The molecule has 1 aliphatic carbocycles. The van der Waals surface area contributed by atoms with Crippen LogP contribution in [0, 0.1) is 0 Å². The molecule has 2 rings (SSSR count). The van der Waals surface area contributed by atoms with Crippen molar-refractivity contribution in [3.05, 3.63) is 35.4 Å². The average molecular weight is 309 g/mol. The van der Waals surface area contributed by atoms with Crippen LogP contribution in [0.25, 0.3) is 0 Å². The molecule has 0 radical (unpaired) electrons. The number of rotatable bonds is 5. The minimum Gasteiger partial charge on any atom is -0.0887 e. The maximum absolute atomic E-state index is 3.77. The van der Waals surface area contributed by atoms with Gasteiger partial charge in [0.15, 0.2) is 0 Å². The molecule has 0 spiro atoms. The van der Waals surface area contributed by atoms with Gasteiger partial charge in [-0.25, -0.2) is 0 Å². The molecule has 0 aromatic heterocycles. The third kappa shape index (κ3) is 4.12. The molecule has 0 bridgehead atoms. The Hall–Kier alpha value is -0.300. The molecular formula is C17H25Br. The van der Waals surface area contributed by atoms with Gasteiger partial charge in [0.05, 0.1) is 0 Å². The van der Waals surface area contributed by atoms with Crippen LogP contribution < -0.4 is 0 Å². The number of hydrogen-bond acceptors (Lipinski definition) is 0. The Bertz CT molecular complexity index is 335. The highest BCUT2D eigenvalue weighted by molar-refractivity contribution is 9.09. The van der Waals surface area contributed by atoms with Gasteiger partial charge in [-0.2, -0.15) is 0 Å². The summed E-state index contributed by atoms with van der Waals surface area (Å²) >= 11 is 3.77. The van der Waals surface area contributed by atoms with Gasteiger partial charge in [0.25, 0.3) is 0 Å². The summed E-state index contributed by atoms with van der Waals surface area (Å²) in [7, 11) is 0. The summed E-state index contributed by atoms with van der Waals surface area (Å²) in [5.41, 5.74) is 3.05. The van der Waals surface area contributed by atoms with Crippen molar-refractivity contribution in [2.24, 2.45) is 0 Å². The van der Waals surface area contributed by atoms with Crippen molar-refractivity contribution in [1.82, 2.24) is 0 Å². The highest BCUT2D eigenvalue weighted by atomic mass is 79.9. The minimum absolute atomic E-state index is 0.642. The van der Waals surface area contributed by atoms with E-state index in [2.05, 4.69) is 47.1 Å². The van der Waals surface area contributed by atoms with Crippen LogP contribution in [-0.2, 0) is 6.42 Å². The first-order chi connectivity index (χ1) is 8.79. The predicted molar refractivity (Wildman–Crippen MR) is 83.6 cm³/mol. The van der Waals surface area contributed by atoms with Crippen molar-refractivity contribution in [3.63, 3.8) is 0 Å². The number of benzene rings is 1. The largest absolute Gasteiger partial charge is 0.0887 e. The molecule has 1 aromatic carbocycles. The maximum atomic E-state index is 3.77. The molecule has 0 aliphatic heterocycles. The minimum atomic E-state index is 0.642. The van der Waals surface area contributed by atoms with Gasteiger partial charge in [-0.1, -0.05) is 72.8 Å². The summed E-state index contributed by atoms with van der Waals surface area (Å²) in [4.78, 5) is 0.642. The molecule has 100 valence electrons. The Kier molecular flexibility index (Phi) is 5.75. The Morgan fingerprint density at radius 1 is 1.11 bits per heavy atom. The topological polar surface area (TPSA) is 0 Å². The standard InChI is InChI=1S/C17H25Br/c1-2-6-17(18)13-14-9-11-16(12-10-14)15-7-4-3-5-8-15/h9-12,15,17H,2-8,13H2,1H3. The molecule has 0 nitrogen and oxygen atoms in total. The highest BCUT2D eigenvalue weighted by Crippen LogP contribution is 2.32. The summed E-state index contributed by atoms with van der Waals surface area (Å²) in [5.74, 6) is 0.836. The molecule has 1 unspecified atom stereocenters.